The topological polar surface area (TPSA) is 57.2 Å². The van der Waals surface area contributed by atoms with Gasteiger partial charge >= 0.3 is 11.5 Å². The van der Waals surface area contributed by atoms with Crippen LogP contribution in [0.3, 0.4) is 0 Å². The van der Waals surface area contributed by atoms with E-state index in [1.54, 1.807) is 6.08 Å². The Kier molecular flexibility index (Phi) is 5.34. The van der Waals surface area contributed by atoms with Crippen molar-refractivity contribution in [2.24, 2.45) is 0 Å². The largest absolute Gasteiger partial charge is 0.822 e. The van der Waals surface area contributed by atoms with Crippen LogP contribution < -0.4 is 15.3 Å². The van der Waals surface area contributed by atoms with Crippen LogP contribution in [0.5, 0.6) is 5.88 Å². The van der Waals surface area contributed by atoms with Crippen LogP contribution in [0.4, 0.5) is 0 Å². The maximum absolute atomic E-state index is 13.3. The molecule has 4 rings (SSSR count). The van der Waals surface area contributed by atoms with Gasteiger partial charge in [-0.15, -0.1) is 4.57 Å². The van der Waals surface area contributed by atoms with Crippen molar-refractivity contribution in [3.8, 4) is 11.6 Å². The first kappa shape index (κ1) is 18.4. The monoisotopic (exact) mass is 381 g/mol. The van der Waals surface area contributed by atoms with E-state index in [4.69, 9.17) is 4.42 Å². The number of aromatic nitrogens is 1. The van der Waals surface area contributed by atoms with Crippen molar-refractivity contribution in [3.05, 3.63) is 124 Å². The molecule has 0 aliphatic carbocycles. The zero-order valence-electron chi connectivity index (χ0n) is 15.7. The van der Waals surface area contributed by atoms with Crippen molar-refractivity contribution >= 4 is 12.2 Å². The Hall–Kier alpha value is -3.92. The Morgan fingerprint density at radius 3 is 2.03 bits per heavy atom. The molecule has 0 saturated carbocycles. The number of hydrogen-bond donors (Lipinski definition) is 0. The quantitative estimate of drug-likeness (QED) is 0.495. The van der Waals surface area contributed by atoms with Gasteiger partial charge in [0.2, 0.25) is 5.69 Å². The standard InChI is InChI=1S/C25H19NO3/c27-24-22(18-20-12-6-2-7-13-20)25(28)29-23(17-16-19-10-4-1-5-11-19)26(24)21-14-8-3-9-15-21/h1-17H,18H2/b17-16+. The van der Waals surface area contributed by atoms with Crippen LogP contribution in [-0.4, -0.2) is 0 Å². The molecule has 4 nitrogen and oxygen atoms in total. The van der Waals surface area contributed by atoms with Gasteiger partial charge in [0.05, 0.1) is 11.6 Å². The van der Waals surface area contributed by atoms with Crippen LogP contribution in [0.25, 0.3) is 17.8 Å². The highest BCUT2D eigenvalue weighted by Crippen LogP contribution is 2.16. The van der Waals surface area contributed by atoms with Gasteiger partial charge in [-0.3, -0.25) is 0 Å². The first-order valence-electron chi connectivity index (χ1n) is 9.34. The van der Waals surface area contributed by atoms with E-state index in [0.717, 1.165) is 11.1 Å². The van der Waals surface area contributed by atoms with Gasteiger partial charge in [-0.1, -0.05) is 78.9 Å². The van der Waals surface area contributed by atoms with Crippen LogP contribution >= 0.6 is 0 Å². The van der Waals surface area contributed by atoms with E-state index in [9.17, 15) is 9.90 Å². The molecule has 0 bridgehead atoms. The van der Waals surface area contributed by atoms with Crippen LogP contribution in [0.2, 0.25) is 0 Å². The molecule has 0 N–H and O–H groups in total. The number of benzene rings is 3. The smallest absolute Gasteiger partial charge is 0.381 e. The highest BCUT2D eigenvalue weighted by molar-refractivity contribution is 5.65. The van der Waals surface area contributed by atoms with Crippen molar-refractivity contribution in [3.63, 3.8) is 0 Å². The van der Waals surface area contributed by atoms with Gasteiger partial charge in [0, 0.05) is 18.6 Å². The molecule has 142 valence electrons. The lowest BCUT2D eigenvalue weighted by molar-refractivity contribution is -0.663. The van der Waals surface area contributed by atoms with Crippen LogP contribution in [0, 0.1) is 0 Å². The fraction of sp³-hybridized carbons (Fsp3) is 0.0400. The summed E-state index contributed by atoms with van der Waals surface area (Å²) in [5, 5.41) is 13.3. The molecule has 0 aliphatic rings. The molecule has 3 aromatic carbocycles. The molecule has 1 aromatic heterocycles. The molecule has 4 aromatic rings. The second-order valence-corrected chi connectivity index (χ2v) is 6.59. The van der Waals surface area contributed by atoms with Crippen molar-refractivity contribution < 1.29 is 14.1 Å². The molecule has 0 spiro atoms. The van der Waals surface area contributed by atoms with Crippen molar-refractivity contribution in [1.82, 2.24) is 0 Å². The predicted molar refractivity (Wildman–Crippen MR) is 111 cm³/mol. The Morgan fingerprint density at radius 1 is 0.793 bits per heavy atom. The van der Waals surface area contributed by atoms with Gasteiger partial charge in [-0.05, 0) is 17.2 Å². The van der Waals surface area contributed by atoms with E-state index in [1.807, 2.05) is 97.1 Å². The van der Waals surface area contributed by atoms with Crippen LogP contribution in [0.15, 0.2) is 100 Å². The lowest BCUT2D eigenvalue weighted by atomic mass is 10.1. The second-order valence-electron chi connectivity index (χ2n) is 6.59. The normalized spacial score (nSPS) is 11.0. The van der Waals surface area contributed by atoms with Gasteiger partial charge in [-0.25, -0.2) is 4.79 Å². The number of rotatable bonds is 5. The summed E-state index contributed by atoms with van der Waals surface area (Å²) in [6.45, 7) is 0. The summed E-state index contributed by atoms with van der Waals surface area (Å²) in [7, 11) is 0. The summed E-state index contributed by atoms with van der Waals surface area (Å²) in [4.78, 5) is 12.6. The molecule has 0 radical (unpaired) electrons. The summed E-state index contributed by atoms with van der Waals surface area (Å²) in [6.07, 6.45) is 3.68. The minimum absolute atomic E-state index is 0.108. The zero-order valence-corrected chi connectivity index (χ0v) is 15.7. The lowest BCUT2D eigenvalue weighted by Gasteiger charge is -2.12. The summed E-state index contributed by atoms with van der Waals surface area (Å²) in [6, 6.07) is 28.2. The number of para-hydroxylation sites is 1. The molecule has 0 aliphatic heterocycles. The average molecular weight is 381 g/mol. The second kappa shape index (κ2) is 8.40. The SMILES string of the molecule is O=c1oc(/C=C/c2ccccc2)[n+](-c2ccccc2)c([O-])c1Cc1ccccc1. The molecule has 4 heteroatoms. The van der Waals surface area contributed by atoms with Crippen molar-refractivity contribution in [2.75, 3.05) is 0 Å². The van der Waals surface area contributed by atoms with E-state index in [0.29, 0.717) is 5.69 Å². The first-order valence-corrected chi connectivity index (χ1v) is 9.34. The molecular formula is C25H19NO3. The van der Waals surface area contributed by atoms with E-state index < -0.39 is 5.63 Å². The third kappa shape index (κ3) is 4.17. The third-order valence-electron chi connectivity index (χ3n) is 4.58. The molecule has 1 heterocycles. The highest BCUT2D eigenvalue weighted by Gasteiger charge is 2.22. The van der Waals surface area contributed by atoms with Crippen molar-refractivity contribution in [2.45, 2.75) is 6.42 Å². The molecule has 0 fully saturated rings. The maximum atomic E-state index is 13.3. The fourth-order valence-electron chi connectivity index (χ4n) is 3.13. The van der Waals surface area contributed by atoms with Gasteiger partial charge in [-0.2, -0.15) is 0 Å². The van der Waals surface area contributed by atoms with Gasteiger partial charge in [0.25, 0.3) is 0 Å². The Morgan fingerprint density at radius 2 is 1.38 bits per heavy atom. The summed E-state index contributed by atoms with van der Waals surface area (Å²) in [5.41, 5.74) is 1.96. The van der Waals surface area contributed by atoms with E-state index in [1.165, 1.54) is 4.57 Å². The summed E-state index contributed by atoms with van der Waals surface area (Å²) in [5.74, 6) is -0.184. The number of nitrogens with zero attached hydrogens (tertiary/aromatic N) is 1. The van der Waals surface area contributed by atoms with Crippen LogP contribution in [0.1, 0.15) is 22.6 Å². The molecule has 29 heavy (non-hydrogen) atoms. The molecule has 0 unspecified atom stereocenters. The zero-order chi connectivity index (χ0) is 20.1. The van der Waals surface area contributed by atoms with Crippen LogP contribution in [-0.2, 0) is 6.42 Å². The minimum Gasteiger partial charge on any atom is -0.822 e. The Labute approximate surface area is 168 Å². The van der Waals surface area contributed by atoms with Gasteiger partial charge < -0.3 is 9.52 Å². The first-order chi connectivity index (χ1) is 14.2. The molecule has 0 amide bonds. The van der Waals surface area contributed by atoms with Gasteiger partial charge in [0.1, 0.15) is 0 Å². The summed E-state index contributed by atoms with van der Waals surface area (Å²) < 4.78 is 7.03. The lowest BCUT2D eigenvalue weighted by Crippen LogP contribution is -2.41. The van der Waals surface area contributed by atoms with Crippen molar-refractivity contribution in [1.29, 1.82) is 0 Å². The Bertz CT molecular complexity index is 1180. The minimum atomic E-state index is -0.612. The Balaban J connectivity index is 1.85. The summed E-state index contributed by atoms with van der Waals surface area (Å²) >= 11 is 0. The van der Waals surface area contributed by atoms with Gasteiger partial charge in [0.15, 0.2) is 5.88 Å². The molecule has 0 saturated heterocycles. The van der Waals surface area contributed by atoms with E-state index in [2.05, 4.69) is 0 Å². The van der Waals surface area contributed by atoms with E-state index >= 15 is 0 Å². The molecular weight excluding hydrogens is 362 g/mol. The fourth-order valence-corrected chi connectivity index (χ4v) is 3.13. The molecule has 0 atom stereocenters. The average Bonchev–Trinajstić information content (AvgIpc) is 2.77. The van der Waals surface area contributed by atoms with E-state index in [-0.39, 0.29) is 23.8 Å². The number of hydrogen-bond acceptors (Lipinski definition) is 3. The maximum Gasteiger partial charge on any atom is 0.381 e. The highest BCUT2D eigenvalue weighted by atomic mass is 16.4. The predicted octanol–water partition coefficient (Wildman–Crippen LogP) is 3.75. The third-order valence-corrected chi connectivity index (χ3v) is 4.58.